The van der Waals surface area contributed by atoms with Crippen LogP contribution in [0, 0.1) is 5.92 Å². The van der Waals surface area contributed by atoms with Crippen LogP contribution in [-0.2, 0) is 0 Å². The Morgan fingerprint density at radius 3 is 3.08 bits per heavy atom. The van der Waals surface area contributed by atoms with Crippen LogP contribution in [0.15, 0.2) is 35.6 Å². The molecule has 2 aliphatic rings. The first-order valence-electron chi connectivity index (χ1n) is 4.70. The second kappa shape index (κ2) is 3.18. The Hall–Kier alpha value is -0.980. The minimum Gasteiger partial charge on any atom is -0.385 e. The molecule has 1 heteroatoms. The molecule has 0 bridgehead atoms. The quantitative estimate of drug-likeness (QED) is 0.575. The van der Waals surface area contributed by atoms with Gasteiger partial charge in [0.1, 0.15) is 0 Å². The van der Waals surface area contributed by atoms with Crippen molar-refractivity contribution in [1.29, 1.82) is 0 Å². The SMILES string of the molecule is CC1C=CC2=C(C=C1)NCCC2. The van der Waals surface area contributed by atoms with Crippen molar-refractivity contribution in [2.75, 3.05) is 6.54 Å². The van der Waals surface area contributed by atoms with Gasteiger partial charge in [-0.25, -0.2) is 0 Å². The third kappa shape index (κ3) is 1.45. The maximum atomic E-state index is 3.42. The van der Waals surface area contributed by atoms with Gasteiger partial charge in [0.05, 0.1) is 0 Å². The van der Waals surface area contributed by atoms with Crippen LogP contribution in [-0.4, -0.2) is 6.54 Å². The highest BCUT2D eigenvalue weighted by molar-refractivity contribution is 5.36. The number of rotatable bonds is 0. The molecule has 0 aromatic heterocycles. The molecule has 0 radical (unpaired) electrons. The first-order valence-corrected chi connectivity index (χ1v) is 4.70. The summed E-state index contributed by atoms with van der Waals surface area (Å²) in [5, 5.41) is 3.42. The molecule has 0 amide bonds. The fraction of sp³-hybridized carbons (Fsp3) is 0.455. The smallest absolute Gasteiger partial charge is 0.0369 e. The molecule has 0 fully saturated rings. The molecular weight excluding hydrogens is 146 g/mol. The zero-order valence-electron chi connectivity index (χ0n) is 7.51. The summed E-state index contributed by atoms with van der Waals surface area (Å²) >= 11 is 0. The first-order chi connectivity index (χ1) is 5.86. The normalized spacial score (nSPS) is 27.9. The number of allylic oxidation sites excluding steroid dienone is 5. The largest absolute Gasteiger partial charge is 0.385 e. The molecule has 1 atom stereocenters. The third-order valence-corrected chi connectivity index (χ3v) is 2.45. The standard InChI is InChI=1S/C11H15N/c1-9-4-6-10-3-2-8-12-11(10)7-5-9/h4-7,9,12H,2-3,8H2,1H3. The summed E-state index contributed by atoms with van der Waals surface area (Å²) in [5.41, 5.74) is 2.81. The molecule has 1 N–H and O–H groups in total. The second-order valence-corrected chi connectivity index (χ2v) is 3.55. The van der Waals surface area contributed by atoms with Gasteiger partial charge in [-0.1, -0.05) is 25.2 Å². The van der Waals surface area contributed by atoms with Gasteiger partial charge >= 0.3 is 0 Å². The first kappa shape index (κ1) is 7.66. The fourth-order valence-electron chi connectivity index (χ4n) is 1.67. The topological polar surface area (TPSA) is 12.0 Å². The van der Waals surface area contributed by atoms with E-state index in [1.807, 2.05) is 0 Å². The van der Waals surface area contributed by atoms with Crippen molar-refractivity contribution in [3.63, 3.8) is 0 Å². The van der Waals surface area contributed by atoms with Crippen LogP contribution in [0.4, 0.5) is 0 Å². The summed E-state index contributed by atoms with van der Waals surface area (Å²) in [6.45, 7) is 3.34. The Balaban J connectivity index is 2.29. The van der Waals surface area contributed by atoms with Crippen LogP contribution in [0.2, 0.25) is 0 Å². The van der Waals surface area contributed by atoms with E-state index in [9.17, 15) is 0 Å². The lowest BCUT2D eigenvalue weighted by molar-refractivity contribution is 0.685. The maximum absolute atomic E-state index is 3.42. The Morgan fingerprint density at radius 1 is 1.33 bits per heavy atom. The van der Waals surface area contributed by atoms with E-state index in [0.717, 1.165) is 6.54 Å². The molecule has 0 spiro atoms. The van der Waals surface area contributed by atoms with Crippen LogP contribution < -0.4 is 5.32 Å². The van der Waals surface area contributed by atoms with Gasteiger partial charge in [0.2, 0.25) is 0 Å². The fourth-order valence-corrected chi connectivity index (χ4v) is 1.67. The monoisotopic (exact) mass is 161 g/mol. The van der Waals surface area contributed by atoms with Crippen molar-refractivity contribution in [2.24, 2.45) is 5.92 Å². The predicted octanol–water partition coefficient (Wildman–Crippen LogP) is 2.39. The van der Waals surface area contributed by atoms with Crippen LogP contribution in [0.25, 0.3) is 0 Å². The van der Waals surface area contributed by atoms with E-state index < -0.39 is 0 Å². The van der Waals surface area contributed by atoms with Gasteiger partial charge in [0.25, 0.3) is 0 Å². The summed E-state index contributed by atoms with van der Waals surface area (Å²) in [7, 11) is 0. The van der Waals surface area contributed by atoms with Gasteiger partial charge in [0, 0.05) is 12.2 Å². The molecule has 0 saturated carbocycles. The van der Waals surface area contributed by atoms with E-state index in [-0.39, 0.29) is 0 Å². The van der Waals surface area contributed by atoms with Gasteiger partial charge in [-0.15, -0.1) is 0 Å². The highest BCUT2D eigenvalue weighted by atomic mass is 14.9. The van der Waals surface area contributed by atoms with Gasteiger partial charge in [-0.05, 0) is 30.4 Å². The predicted molar refractivity (Wildman–Crippen MR) is 51.7 cm³/mol. The molecule has 0 aromatic rings. The molecule has 1 unspecified atom stereocenters. The lowest BCUT2D eigenvalue weighted by Crippen LogP contribution is -2.19. The molecule has 12 heavy (non-hydrogen) atoms. The molecule has 0 aromatic carbocycles. The van der Waals surface area contributed by atoms with Gasteiger partial charge in [-0.3, -0.25) is 0 Å². The average molecular weight is 161 g/mol. The zero-order chi connectivity index (χ0) is 8.39. The van der Waals surface area contributed by atoms with Crippen molar-refractivity contribution in [1.82, 2.24) is 5.32 Å². The molecule has 1 heterocycles. The minimum absolute atomic E-state index is 0.581. The lowest BCUT2D eigenvalue weighted by atomic mass is 10.0. The molecular formula is C11H15N. The van der Waals surface area contributed by atoms with Crippen molar-refractivity contribution >= 4 is 0 Å². The highest BCUT2D eigenvalue weighted by Gasteiger charge is 2.09. The van der Waals surface area contributed by atoms with Crippen LogP contribution >= 0.6 is 0 Å². The van der Waals surface area contributed by atoms with E-state index in [1.165, 1.54) is 24.1 Å². The summed E-state index contributed by atoms with van der Waals surface area (Å²) in [6, 6.07) is 0. The molecule has 1 aliphatic carbocycles. The second-order valence-electron chi connectivity index (χ2n) is 3.55. The van der Waals surface area contributed by atoms with E-state index in [2.05, 4.69) is 36.5 Å². The maximum Gasteiger partial charge on any atom is 0.0369 e. The summed E-state index contributed by atoms with van der Waals surface area (Å²) in [4.78, 5) is 0. The Bertz CT molecular complexity index is 232. The summed E-state index contributed by atoms with van der Waals surface area (Å²) < 4.78 is 0. The Labute approximate surface area is 73.9 Å². The van der Waals surface area contributed by atoms with Crippen molar-refractivity contribution in [3.05, 3.63) is 35.6 Å². The van der Waals surface area contributed by atoms with Crippen LogP contribution in [0.1, 0.15) is 19.8 Å². The molecule has 2 rings (SSSR count). The Kier molecular flexibility index (Phi) is 2.03. The highest BCUT2D eigenvalue weighted by Crippen LogP contribution is 2.20. The molecule has 0 saturated heterocycles. The number of hydrogen-bond donors (Lipinski definition) is 1. The van der Waals surface area contributed by atoms with E-state index in [0.29, 0.717) is 5.92 Å². The summed E-state index contributed by atoms with van der Waals surface area (Å²) in [5.74, 6) is 0.581. The summed E-state index contributed by atoms with van der Waals surface area (Å²) in [6.07, 6.45) is 11.5. The third-order valence-electron chi connectivity index (χ3n) is 2.45. The number of nitrogens with one attached hydrogen (secondary N) is 1. The average Bonchev–Trinajstić information content (AvgIpc) is 2.29. The van der Waals surface area contributed by atoms with E-state index >= 15 is 0 Å². The van der Waals surface area contributed by atoms with Gasteiger partial charge in [-0.2, -0.15) is 0 Å². The van der Waals surface area contributed by atoms with Gasteiger partial charge in [0.15, 0.2) is 0 Å². The molecule has 64 valence electrons. The van der Waals surface area contributed by atoms with Crippen molar-refractivity contribution < 1.29 is 0 Å². The van der Waals surface area contributed by atoms with Crippen molar-refractivity contribution in [2.45, 2.75) is 19.8 Å². The van der Waals surface area contributed by atoms with Crippen molar-refractivity contribution in [3.8, 4) is 0 Å². The van der Waals surface area contributed by atoms with Gasteiger partial charge < -0.3 is 5.32 Å². The molecule has 1 nitrogen and oxygen atoms in total. The molecule has 1 aliphatic heterocycles. The zero-order valence-corrected chi connectivity index (χ0v) is 7.51. The van der Waals surface area contributed by atoms with E-state index in [1.54, 1.807) is 0 Å². The Morgan fingerprint density at radius 2 is 2.17 bits per heavy atom. The number of hydrogen-bond acceptors (Lipinski definition) is 1. The minimum atomic E-state index is 0.581. The van der Waals surface area contributed by atoms with Crippen LogP contribution in [0.3, 0.4) is 0 Å². The van der Waals surface area contributed by atoms with Crippen LogP contribution in [0.5, 0.6) is 0 Å². The lowest BCUT2D eigenvalue weighted by Gasteiger charge is -2.16. The van der Waals surface area contributed by atoms with E-state index in [4.69, 9.17) is 0 Å².